The standard InChI is InChI=1S/C57H71ClF3N7O8S3/c1-55(2,3)76-54(70)68-37-46-32-47(68)36-67(46)39-56(4)22-20-50(40-10-14-43(58)15-11-40)42(34-56)35-65-24-26-66(27-25-65)45-16-12-41(13-17-45)53(69)63-79(73,74)49-18-19-51(52(33-49)78(71,72)57(59,60)61)62-44(21-23-64-28-30-75-31-29-64)38-77-48-8-6-5-7-9-48/h5-19,33,44,46-47,62H,20-32,34-39H2,1-4H3,(H,63,69)/t44-,46-,47-,56?/m1/s1. The van der Waals surface area contributed by atoms with Gasteiger partial charge in [0.05, 0.1) is 23.8 Å². The van der Waals surface area contributed by atoms with Gasteiger partial charge >= 0.3 is 11.6 Å². The van der Waals surface area contributed by atoms with Crippen molar-refractivity contribution < 1.29 is 49.1 Å². The summed E-state index contributed by atoms with van der Waals surface area (Å²) in [6.07, 6.45) is 4.09. The van der Waals surface area contributed by atoms with Crippen LogP contribution in [-0.2, 0) is 29.3 Å². The Morgan fingerprint density at radius 1 is 0.861 bits per heavy atom. The molecule has 0 saturated carbocycles. The highest BCUT2D eigenvalue weighted by atomic mass is 35.5. The molecule has 428 valence electrons. The van der Waals surface area contributed by atoms with Crippen LogP contribution in [0.1, 0.15) is 75.7 Å². The molecule has 79 heavy (non-hydrogen) atoms. The number of carbonyl (C=O) groups is 2. The molecule has 0 spiro atoms. The first kappa shape index (κ1) is 58.8. The van der Waals surface area contributed by atoms with Crippen LogP contribution in [0.3, 0.4) is 0 Å². The number of fused-ring (bicyclic) bond motifs is 2. The molecule has 4 heterocycles. The number of nitrogens with one attached hydrogen (secondary N) is 2. The Morgan fingerprint density at radius 3 is 2.20 bits per heavy atom. The van der Waals surface area contributed by atoms with Gasteiger partial charge in [-0.05, 0) is 136 Å². The van der Waals surface area contributed by atoms with Crippen molar-refractivity contribution in [2.24, 2.45) is 5.41 Å². The van der Waals surface area contributed by atoms with Crippen LogP contribution >= 0.6 is 23.4 Å². The summed E-state index contributed by atoms with van der Waals surface area (Å²) < 4.78 is 110. The van der Waals surface area contributed by atoms with Crippen LogP contribution < -0.4 is 14.9 Å². The lowest BCUT2D eigenvalue weighted by Crippen LogP contribution is -2.52. The maximum atomic E-state index is 14.3. The van der Waals surface area contributed by atoms with Crippen LogP contribution in [0.5, 0.6) is 0 Å². The fourth-order valence-corrected chi connectivity index (χ4v) is 14.6. The number of ether oxygens (including phenoxy) is 2. The maximum absolute atomic E-state index is 14.3. The minimum atomic E-state index is -6.08. The number of hydrogen-bond acceptors (Lipinski definition) is 14. The molecule has 2 amide bonds. The van der Waals surface area contributed by atoms with Crippen molar-refractivity contribution in [2.45, 2.75) is 104 Å². The van der Waals surface area contributed by atoms with E-state index in [2.05, 4.69) is 44.0 Å². The van der Waals surface area contributed by atoms with E-state index in [1.54, 1.807) is 12.1 Å². The van der Waals surface area contributed by atoms with Gasteiger partial charge in [0.1, 0.15) is 10.5 Å². The summed E-state index contributed by atoms with van der Waals surface area (Å²) in [5.74, 6) is -0.679. The number of amides is 2. The number of morpholine rings is 1. The number of allylic oxidation sites excluding steroid dienone is 1. The quantitative estimate of drug-likeness (QED) is 0.0907. The Morgan fingerprint density at radius 2 is 1.56 bits per heavy atom. The summed E-state index contributed by atoms with van der Waals surface area (Å²) in [6, 6.07) is 26.3. The third-order valence-corrected chi connectivity index (χ3v) is 19.9. The second-order valence-corrected chi connectivity index (χ2v) is 27.9. The molecule has 4 aliphatic heterocycles. The largest absolute Gasteiger partial charge is 0.501 e. The van der Waals surface area contributed by atoms with Gasteiger partial charge in [-0.15, -0.1) is 11.8 Å². The molecule has 22 heteroatoms. The zero-order valence-electron chi connectivity index (χ0n) is 45.1. The zero-order valence-corrected chi connectivity index (χ0v) is 48.3. The fraction of sp³-hybridized carbons (Fsp3) is 0.509. The Balaban J connectivity index is 0.832. The monoisotopic (exact) mass is 1170 g/mol. The van der Waals surface area contributed by atoms with E-state index in [1.807, 2.05) is 72.9 Å². The molecule has 5 aliphatic rings. The Kier molecular flexibility index (Phi) is 18.1. The number of likely N-dealkylation sites (tertiary alicyclic amines) is 2. The second-order valence-electron chi connectivity index (χ2n) is 22.7. The zero-order chi connectivity index (χ0) is 56.3. The summed E-state index contributed by atoms with van der Waals surface area (Å²) in [7, 11) is -11.0. The lowest BCUT2D eigenvalue weighted by molar-refractivity contribution is -0.0436. The number of hydrogen-bond donors (Lipinski definition) is 2. The van der Waals surface area contributed by atoms with E-state index in [1.165, 1.54) is 40.6 Å². The van der Waals surface area contributed by atoms with Gasteiger partial charge in [0.15, 0.2) is 0 Å². The van der Waals surface area contributed by atoms with Gasteiger partial charge < -0.3 is 24.6 Å². The van der Waals surface area contributed by atoms with E-state index in [0.717, 1.165) is 81.1 Å². The number of anilines is 2. The molecule has 2 bridgehead atoms. The first-order valence-electron chi connectivity index (χ1n) is 27.0. The van der Waals surface area contributed by atoms with Gasteiger partial charge in [0.2, 0.25) is 0 Å². The highest BCUT2D eigenvalue weighted by Gasteiger charge is 2.50. The molecular formula is C57H71ClF3N7O8S3. The summed E-state index contributed by atoms with van der Waals surface area (Å²) in [4.78, 5) is 36.7. The highest BCUT2D eigenvalue weighted by molar-refractivity contribution is 7.99. The van der Waals surface area contributed by atoms with Gasteiger partial charge in [-0.2, -0.15) is 13.2 Å². The molecular weight excluding hydrogens is 1100 g/mol. The van der Waals surface area contributed by atoms with E-state index < -0.39 is 58.4 Å². The molecule has 0 aromatic heterocycles. The topological polar surface area (TPSA) is 161 Å². The van der Waals surface area contributed by atoms with Crippen molar-refractivity contribution in [2.75, 3.05) is 101 Å². The van der Waals surface area contributed by atoms with E-state index in [4.69, 9.17) is 21.1 Å². The predicted molar refractivity (Wildman–Crippen MR) is 303 cm³/mol. The van der Waals surface area contributed by atoms with Crippen LogP contribution in [0.4, 0.5) is 29.3 Å². The minimum absolute atomic E-state index is 0.0180. The molecule has 4 fully saturated rings. The van der Waals surface area contributed by atoms with Gasteiger partial charge in [0.25, 0.3) is 25.8 Å². The van der Waals surface area contributed by atoms with Crippen molar-refractivity contribution in [3.63, 3.8) is 0 Å². The number of piperazine rings is 2. The predicted octanol–water partition coefficient (Wildman–Crippen LogP) is 9.51. The van der Waals surface area contributed by atoms with Crippen LogP contribution in [0.2, 0.25) is 5.02 Å². The number of sulfonamides is 1. The molecule has 9 rings (SSSR count). The number of carbonyl (C=O) groups excluding carboxylic acids is 2. The SMILES string of the molecule is CC1(CN2C[C@H]3C[C@@H]2CN3C(=O)OC(C)(C)C)CCC(c2ccc(Cl)cc2)=C(CN2CCN(c3ccc(C(=O)NS(=O)(=O)c4ccc(N[C@H](CCN5CCOCC5)CSc5ccccc5)c(S(=O)(=O)C(F)(F)F)c4)cc3)CC2)C1. The van der Waals surface area contributed by atoms with Crippen molar-refractivity contribution >= 4 is 72.2 Å². The van der Waals surface area contributed by atoms with E-state index in [9.17, 15) is 39.6 Å². The van der Waals surface area contributed by atoms with Gasteiger partial charge in [-0.25, -0.2) is 26.4 Å². The van der Waals surface area contributed by atoms with E-state index in [0.29, 0.717) is 81.8 Å². The Hall–Kier alpha value is -4.87. The third kappa shape index (κ3) is 14.6. The van der Waals surface area contributed by atoms with Crippen LogP contribution in [-0.4, -0.2) is 169 Å². The fourth-order valence-electron chi connectivity index (χ4n) is 11.5. The van der Waals surface area contributed by atoms with Gasteiger partial charge in [0, 0.05) is 117 Å². The summed E-state index contributed by atoms with van der Waals surface area (Å²) in [5.41, 5.74) is -1.90. The maximum Gasteiger partial charge on any atom is 0.501 e. The summed E-state index contributed by atoms with van der Waals surface area (Å²) >= 11 is 7.78. The number of thioether (sulfide) groups is 1. The smallest absolute Gasteiger partial charge is 0.444 e. The number of sulfone groups is 1. The number of halogens is 4. The summed E-state index contributed by atoms with van der Waals surface area (Å²) in [5, 5.41) is 3.69. The number of nitrogens with zero attached hydrogens (tertiary/aromatic N) is 5. The molecule has 4 atom stereocenters. The third-order valence-electron chi connectivity index (χ3n) is 15.6. The lowest BCUT2D eigenvalue weighted by atomic mass is 9.71. The first-order valence-corrected chi connectivity index (χ1v) is 31.3. The molecule has 4 aromatic rings. The van der Waals surface area contributed by atoms with Gasteiger partial charge in [-0.1, -0.05) is 54.4 Å². The Bertz CT molecular complexity index is 3060. The summed E-state index contributed by atoms with van der Waals surface area (Å²) in [6.45, 7) is 17.3. The molecule has 1 unspecified atom stereocenters. The minimum Gasteiger partial charge on any atom is -0.444 e. The lowest BCUT2D eigenvalue weighted by Gasteiger charge is -2.44. The molecule has 0 radical (unpaired) electrons. The van der Waals surface area contributed by atoms with Crippen LogP contribution in [0.15, 0.2) is 117 Å². The number of benzene rings is 4. The average Bonchev–Trinajstić information content (AvgIpc) is 4.27. The van der Waals surface area contributed by atoms with Crippen molar-refractivity contribution in [3.05, 3.63) is 119 Å². The number of alkyl halides is 3. The van der Waals surface area contributed by atoms with Gasteiger partial charge in [-0.3, -0.25) is 19.5 Å². The van der Waals surface area contributed by atoms with E-state index >= 15 is 0 Å². The van der Waals surface area contributed by atoms with Crippen LogP contribution in [0.25, 0.3) is 5.57 Å². The van der Waals surface area contributed by atoms with Crippen molar-refractivity contribution in [1.29, 1.82) is 0 Å². The second kappa shape index (κ2) is 24.3. The molecule has 4 aromatic carbocycles. The molecule has 2 N–H and O–H groups in total. The van der Waals surface area contributed by atoms with Crippen LogP contribution in [0, 0.1) is 5.41 Å². The Labute approximate surface area is 472 Å². The number of rotatable bonds is 18. The normalized spacial score (nSPS) is 22.3. The molecule has 4 saturated heterocycles. The van der Waals surface area contributed by atoms with Crippen molar-refractivity contribution in [1.82, 2.24) is 24.3 Å². The average molecular weight is 1170 g/mol. The van der Waals surface area contributed by atoms with Crippen molar-refractivity contribution in [3.8, 4) is 0 Å². The van der Waals surface area contributed by atoms with E-state index in [-0.39, 0.29) is 23.1 Å². The first-order chi connectivity index (χ1) is 37.4. The highest BCUT2D eigenvalue weighted by Crippen LogP contribution is 2.46. The molecule has 15 nitrogen and oxygen atoms in total. The molecule has 1 aliphatic carbocycles.